The molecular weight excluding hydrogens is 396 g/mol. The van der Waals surface area contributed by atoms with Crippen LogP contribution < -0.4 is 5.63 Å². The molecular formula is C25H30O6. The number of benzene rings is 1. The fourth-order valence-corrected chi connectivity index (χ4v) is 5.31. The van der Waals surface area contributed by atoms with E-state index in [1.807, 2.05) is 19.9 Å². The van der Waals surface area contributed by atoms with Gasteiger partial charge in [0.1, 0.15) is 29.1 Å². The average Bonchev–Trinajstić information content (AvgIpc) is 3.10. The quantitative estimate of drug-likeness (QED) is 0.704. The summed E-state index contributed by atoms with van der Waals surface area (Å²) in [4.78, 5) is 26.0. The molecule has 1 fully saturated rings. The summed E-state index contributed by atoms with van der Waals surface area (Å²) >= 11 is 0. The second kappa shape index (κ2) is 7.83. The lowest BCUT2D eigenvalue weighted by atomic mass is 9.76. The van der Waals surface area contributed by atoms with Crippen LogP contribution in [-0.4, -0.2) is 22.1 Å². The van der Waals surface area contributed by atoms with Crippen molar-refractivity contribution < 1.29 is 24.2 Å². The maximum atomic E-state index is 13.0. The van der Waals surface area contributed by atoms with Gasteiger partial charge in [0.25, 0.3) is 0 Å². The normalized spacial score (nSPS) is 26.8. The van der Waals surface area contributed by atoms with Gasteiger partial charge in [0.2, 0.25) is 5.78 Å². The largest absolute Gasteiger partial charge is 0.506 e. The molecule has 2 heterocycles. The predicted molar refractivity (Wildman–Crippen MR) is 117 cm³/mol. The van der Waals surface area contributed by atoms with Crippen molar-refractivity contribution in [2.24, 2.45) is 23.7 Å². The van der Waals surface area contributed by atoms with Gasteiger partial charge in [-0.25, -0.2) is 4.79 Å². The molecule has 1 aromatic carbocycles. The number of aryl methyl sites for hydroxylation is 1. The monoisotopic (exact) mass is 426 g/mol. The molecule has 1 aliphatic heterocycles. The van der Waals surface area contributed by atoms with Crippen LogP contribution in [0.4, 0.5) is 0 Å². The second-order valence-corrected chi connectivity index (χ2v) is 9.44. The summed E-state index contributed by atoms with van der Waals surface area (Å²) in [5.41, 5.74) is 1.31. The lowest BCUT2D eigenvalue weighted by Gasteiger charge is -2.38. The van der Waals surface area contributed by atoms with Crippen LogP contribution in [0, 0.1) is 30.6 Å². The summed E-state index contributed by atoms with van der Waals surface area (Å²) in [6, 6.07) is 5.25. The molecule has 0 amide bonds. The summed E-state index contributed by atoms with van der Waals surface area (Å²) in [7, 11) is 0. The molecule has 6 nitrogen and oxygen atoms in total. The van der Waals surface area contributed by atoms with Crippen LogP contribution in [0.25, 0.3) is 11.0 Å². The van der Waals surface area contributed by atoms with E-state index < -0.39 is 23.6 Å². The zero-order valence-corrected chi connectivity index (χ0v) is 18.6. The van der Waals surface area contributed by atoms with Crippen molar-refractivity contribution in [2.45, 2.75) is 59.7 Å². The number of carbonyl (C=O) groups excluding carboxylic acids is 1. The number of fused-ring (bicyclic) bond motifs is 2. The highest BCUT2D eigenvalue weighted by Gasteiger charge is 2.49. The van der Waals surface area contributed by atoms with Crippen LogP contribution in [0.2, 0.25) is 0 Å². The Morgan fingerprint density at radius 3 is 2.58 bits per heavy atom. The van der Waals surface area contributed by atoms with Crippen molar-refractivity contribution in [3.05, 3.63) is 51.1 Å². The van der Waals surface area contributed by atoms with Gasteiger partial charge in [0, 0.05) is 5.92 Å². The van der Waals surface area contributed by atoms with Gasteiger partial charge in [-0.2, -0.15) is 0 Å². The third-order valence-electron chi connectivity index (χ3n) is 7.12. The topological polar surface area (TPSA) is 97.0 Å². The van der Waals surface area contributed by atoms with E-state index >= 15 is 0 Å². The number of ketones is 1. The summed E-state index contributed by atoms with van der Waals surface area (Å²) in [5, 5.41) is 22.1. The second-order valence-electron chi connectivity index (χ2n) is 9.44. The zero-order chi connectivity index (χ0) is 22.6. The molecule has 2 N–H and O–H groups in total. The van der Waals surface area contributed by atoms with Gasteiger partial charge >= 0.3 is 5.63 Å². The molecule has 2 aliphatic rings. The third kappa shape index (κ3) is 3.37. The van der Waals surface area contributed by atoms with E-state index in [9.17, 15) is 19.8 Å². The first kappa shape index (κ1) is 21.6. The molecule has 6 heteroatoms. The first-order valence-electron chi connectivity index (χ1n) is 11.0. The van der Waals surface area contributed by atoms with Crippen LogP contribution in [0.5, 0.6) is 5.75 Å². The standard InChI is InChI=1S/C25H30O6/c1-11(2)20(26)22(28)23-14(5)15-10-9-13(4)17(15)24(31-23)19-21(27)18-12(3)7-6-8-16(18)30-25(19)29/h6-8,11,13,15,17,20,24,26-27H,9-10H2,1-5H3/t13-,15+,17+,20+,24+/m0/s1. The lowest BCUT2D eigenvalue weighted by molar-refractivity contribution is -0.132. The molecule has 0 bridgehead atoms. The number of hydrogen-bond donors (Lipinski definition) is 2. The number of ether oxygens (including phenoxy) is 1. The Hall–Kier alpha value is -2.60. The average molecular weight is 427 g/mol. The third-order valence-corrected chi connectivity index (χ3v) is 7.12. The lowest BCUT2D eigenvalue weighted by Crippen LogP contribution is -2.37. The molecule has 31 heavy (non-hydrogen) atoms. The van der Waals surface area contributed by atoms with Gasteiger partial charge in [-0.1, -0.05) is 32.9 Å². The molecule has 0 spiro atoms. The Labute approximate surface area is 181 Å². The Kier molecular flexibility index (Phi) is 5.46. The Bertz CT molecular complexity index is 1120. The number of hydrogen-bond acceptors (Lipinski definition) is 6. The molecule has 166 valence electrons. The van der Waals surface area contributed by atoms with E-state index in [0.29, 0.717) is 11.0 Å². The Morgan fingerprint density at radius 2 is 1.90 bits per heavy atom. The molecule has 2 aromatic rings. The Morgan fingerprint density at radius 1 is 1.19 bits per heavy atom. The molecule has 0 radical (unpaired) electrons. The summed E-state index contributed by atoms with van der Waals surface area (Å²) in [5.74, 6) is -0.564. The summed E-state index contributed by atoms with van der Waals surface area (Å²) in [6.45, 7) is 9.36. The number of aromatic hydroxyl groups is 1. The van der Waals surface area contributed by atoms with Crippen molar-refractivity contribution in [3.63, 3.8) is 0 Å². The van der Waals surface area contributed by atoms with Gasteiger partial charge in [0.05, 0.1) is 5.39 Å². The number of aliphatic hydroxyl groups is 1. The van der Waals surface area contributed by atoms with E-state index in [1.165, 1.54) is 0 Å². The van der Waals surface area contributed by atoms with Crippen LogP contribution in [0.1, 0.15) is 57.8 Å². The highest BCUT2D eigenvalue weighted by molar-refractivity contribution is 5.98. The molecule has 0 saturated heterocycles. The minimum absolute atomic E-state index is 0.0402. The van der Waals surface area contributed by atoms with Gasteiger partial charge in [-0.05, 0) is 61.6 Å². The van der Waals surface area contributed by atoms with Crippen molar-refractivity contribution >= 4 is 16.8 Å². The van der Waals surface area contributed by atoms with Crippen LogP contribution in [0.15, 0.2) is 38.7 Å². The van der Waals surface area contributed by atoms with E-state index in [-0.39, 0.29) is 40.7 Å². The molecule has 1 saturated carbocycles. The van der Waals surface area contributed by atoms with E-state index in [0.717, 1.165) is 24.0 Å². The molecule has 4 rings (SSSR count). The molecule has 0 unspecified atom stereocenters. The fourth-order valence-electron chi connectivity index (χ4n) is 5.31. The van der Waals surface area contributed by atoms with E-state index in [2.05, 4.69) is 6.92 Å². The van der Waals surface area contributed by atoms with Crippen LogP contribution >= 0.6 is 0 Å². The molecule has 5 atom stereocenters. The van der Waals surface area contributed by atoms with E-state index in [1.54, 1.807) is 26.0 Å². The summed E-state index contributed by atoms with van der Waals surface area (Å²) in [6.07, 6.45) is -0.209. The van der Waals surface area contributed by atoms with Crippen molar-refractivity contribution in [3.8, 4) is 5.75 Å². The predicted octanol–water partition coefficient (Wildman–Crippen LogP) is 4.40. The number of allylic oxidation sites excluding steroid dienone is 1. The van der Waals surface area contributed by atoms with Crippen LogP contribution in [-0.2, 0) is 9.53 Å². The van der Waals surface area contributed by atoms with Gasteiger partial charge in [-0.3, -0.25) is 4.79 Å². The number of Topliss-reactive ketones (excluding diaryl/α,β-unsaturated/α-hetero) is 1. The van der Waals surface area contributed by atoms with Gasteiger partial charge in [-0.15, -0.1) is 0 Å². The highest BCUT2D eigenvalue weighted by atomic mass is 16.5. The molecule has 1 aromatic heterocycles. The Balaban J connectivity index is 1.90. The number of rotatable bonds is 4. The zero-order valence-electron chi connectivity index (χ0n) is 18.6. The van der Waals surface area contributed by atoms with Crippen molar-refractivity contribution in [1.29, 1.82) is 0 Å². The van der Waals surface area contributed by atoms with Crippen LogP contribution in [0.3, 0.4) is 0 Å². The first-order chi connectivity index (χ1) is 14.6. The minimum atomic E-state index is -1.19. The molecule has 1 aliphatic carbocycles. The maximum absolute atomic E-state index is 13.0. The SMILES string of the molecule is CC1=C(C(=O)[C@H](O)C(C)C)O[C@@H](c2c(O)c3c(C)cccc3oc2=O)[C@H]2[C@@H]1CC[C@@H]2C. The van der Waals surface area contributed by atoms with Gasteiger partial charge < -0.3 is 19.4 Å². The first-order valence-corrected chi connectivity index (χ1v) is 11.0. The van der Waals surface area contributed by atoms with E-state index in [4.69, 9.17) is 9.15 Å². The summed E-state index contributed by atoms with van der Waals surface area (Å²) < 4.78 is 11.8. The minimum Gasteiger partial charge on any atom is -0.506 e. The number of aliphatic hydroxyl groups excluding tert-OH is 1. The van der Waals surface area contributed by atoms with Crippen molar-refractivity contribution in [2.75, 3.05) is 0 Å². The van der Waals surface area contributed by atoms with Gasteiger partial charge in [0.15, 0.2) is 5.76 Å². The smallest absolute Gasteiger partial charge is 0.347 e. The fraction of sp³-hybridized carbons (Fsp3) is 0.520. The number of carbonyl (C=O) groups is 1. The van der Waals surface area contributed by atoms with Crippen molar-refractivity contribution in [1.82, 2.24) is 0 Å². The highest BCUT2D eigenvalue weighted by Crippen LogP contribution is 2.54. The maximum Gasteiger partial charge on any atom is 0.347 e.